The summed E-state index contributed by atoms with van der Waals surface area (Å²) in [7, 11) is 0. The highest BCUT2D eigenvalue weighted by atomic mass is 32.1. The number of rotatable bonds is 2. The van der Waals surface area contributed by atoms with Gasteiger partial charge in [0.15, 0.2) is 11.4 Å². The summed E-state index contributed by atoms with van der Waals surface area (Å²) in [6.07, 6.45) is 0. The molecule has 2 aromatic heterocycles. The maximum absolute atomic E-state index is 13.5. The van der Waals surface area contributed by atoms with E-state index < -0.39 is 0 Å². The van der Waals surface area contributed by atoms with Crippen molar-refractivity contribution in [1.82, 2.24) is 0 Å². The molecule has 0 aliphatic heterocycles. The van der Waals surface area contributed by atoms with Crippen LogP contribution in [0.5, 0.6) is 0 Å². The lowest BCUT2D eigenvalue weighted by molar-refractivity contribution is 0.569. The van der Waals surface area contributed by atoms with Crippen molar-refractivity contribution in [2.24, 2.45) is 5.73 Å². The average molecular weight is 247 g/mol. The summed E-state index contributed by atoms with van der Waals surface area (Å²) in [4.78, 5) is 1.08. The smallest absolute Gasteiger partial charge is 0.170 e. The van der Waals surface area contributed by atoms with Gasteiger partial charge in [-0.25, -0.2) is 4.39 Å². The molecule has 86 valence electrons. The lowest BCUT2D eigenvalue weighted by Gasteiger charge is -1.90. The summed E-state index contributed by atoms with van der Waals surface area (Å²) < 4.78 is 19.0. The molecule has 0 atom stereocenters. The molecule has 17 heavy (non-hydrogen) atoms. The second-order valence-electron chi connectivity index (χ2n) is 3.77. The van der Waals surface area contributed by atoms with Gasteiger partial charge in [-0.2, -0.15) is 0 Å². The van der Waals surface area contributed by atoms with Gasteiger partial charge in [-0.15, -0.1) is 11.3 Å². The number of thiophene rings is 1. The zero-order valence-corrected chi connectivity index (χ0v) is 9.76. The quantitative estimate of drug-likeness (QED) is 0.748. The Morgan fingerprint density at radius 3 is 2.88 bits per heavy atom. The summed E-state index contributed by atoms with van der Waals surface area (Å²) in [6.45, 7) is 0.513. The molecule has 0 amide bonds. The van der Waals surface area contributed by atoms with Gasteiger partial charge < -0.3 is 10.2 Å². The summed E-state index contributed by atoms with van der Waals surface area (Å²) >= 11 is 1.58. The number of nitrogens with two attached hydrogens (primary N) is 1. The van der Waals surface area contributed by atoms with Crippen LogP contribution >= 0.6 is 11.3 Å². The van der Waals surface area contributed by atoms with Crippen molar-refractivity contribution < 1.29 is 8.81 Å². The highest BCUT2D eigenvalue weighted by Crippen LogP contribution is 2.31. The Hall–Kier alpha value is -1.65. The predicted octanol–water partition coefficient (Wildman–Crippen LogP) is 3.76. The van der Waals surface area contributed by atoms with Crippen LogP contribution in [0.1, 0.15) is 4.88 Å². The fraction of sp³-hybridized carbons (Fsp3) is 0.0769. The van der Waals surface area contributed by atoms with E-state index in [1.165, 1.54) is 6.07 Å². The molecule has 0 spiro atoms. The summed E-state index contributed by atoms with van der Waals surface area (Å²) in [5.41, 5.74) is 6.82. The van der Waals surface area contributed by atoms with Gasteiger partial charge in [0.2, 0.25) is 0 Å². The van der Waals surface area contributed by atoms with Crippen molar-refractivity contribution in [3.8, 4) is 11.3 Å². The van der Waals surface area contributed by atoms with Crippen LogP contribution in [0.4, 0.5) is 4.39 Å². The van der Waals surface area contributed by atoms with Gasteiger partial charge in [0.1, 0.15) is 5.76 Å². The molecule has 1 aromatic carbocycles. The number of hydrogen-bond acceptors (Lipinski definition) is 3. The van der Waals surface area contributed by atoms with Gasteiger partial charge >= 0.3 is 0 Å². The third-order valence-electron chi connectivity index (χ3n) is 2.64. The van der Waals surface area contributed by atoms with Gasteiger partial charge in [-0.3, -0.25) is 0 Å². The van der Waals surface area contributed by atoms with Crippen LogP contribution in [0.3, 0.4) is 0 Å². The topological polar surface area (TPSA) is 39.2 Å². The molecule has 2 heterocycles. The summed E-state index contributed by atoms with van der Waals surface area (Å²) in [6, 6.07) is 8.73. The van der Waals surface area contributed by atoms with Crippen molar-refractivity contribution in [1.29, 1.82) is 0 Å². The van der Waals surface area contributed by atoms with Crippen LogP contribution in [0.15, 0.2) is 40.1 Å². The fourth-order valence-electron chi connectivity index (χ4n) is 1.79. The maximum atomic E-state index is 13.5. The number of furan rings is 1. The standard InChI is InChI=1S/C13H10FNOS/c14-11-3-1-2-8-5-12(16-13(8)11)9-4-10(6-15)17-7-9/h1-5,7H,6,15H2. The van der Waals surface area contributed by atoms with E-state index in [0.29, 0.717) is 17.9 Å². The molecule has 0 fully saturated rings. The number of halogens is 1. The molecule has 0 saturated carbocycles. The second kappa shape index (κ2) is 3.98. The largest absolute Gasteiger partial charge is 0.453 e. The van der Waals surface area contributed by atoms with Crippen LogP contribution in [0.25, 0.3) is 22.3 Å². The van der Waals surface area contributed by atoms with Crippen molar-refractivity contribution in [2.45, 2.75) is 6.54 Å². The monoisotopic (exact) mass is 247 g/mol. The van der Waals surface area contributed by atoms with Gasteiger partial charge in [-0.1, -0.05) is 12.1 Å². The van der Waals surface area contributed by atoms with Crippen LogP contribution in [0, 0.1) is 5.82 Å². The van der Waals surface area contributed by atoms with Crippen molar-refractivity contribution in [3.05, 3.63) is 46.4 Å². The first kappa shape index (κ1) is 10.5. The van der Waals surface area contributed by atoms with E-state index in [4.69, 9.17) is 10.2 Å². The molecule has 0 bridgehead atoms. The van der Waals surface area contributed by atoms with Crippen LogP contribution in [-0.2, 0) is 6.54 Å². The van der Waals surface area contributed by atoms with Crippen molar-refractivity contribution >= 4 is 22.3 Å². The van der Waals surface area contributed by atoms with Crippen LogP contribution in [-0.4, -0.2) is 0 Å². The minimum Gasteiger partial charge on any atom is -0.453 e. The minimum absolute atomic E-state index is 0.308. The molecule has 2 N–H and O–H groups in total. The third-order valence-corrected chi connectivity index (χ3v) is 3.59. The second-order valence-corrected chi connectivity index (χ2v) is 4.77. The van der Waals surface area contributed by atoms with Gasteiger partial charge in [0, 0.05) is 27.8 Å². The van der Waals surface area contributed by atoms with E-state index in [0.717, 1.165) is 15.8 Å². The minimum atomic E-state index is -0.331. The third kappa shape index (κ3) is 1.75. The molecule has 4 heteroatoms. The van der Waals surface area contributed by atoms with E-state index in [-0.39, 0.29) is 5.82 Å². The Bertz CT molecular complexity index is 671. The first-order chi connectivity index (χ1) is 8.28. The molecule has 0 radical (unpaired) electrons. The Balaban J connectivity index is 2.14. The molecular weight excluding hydrogens is 237 g/mol. The lowest BCUT2D eigenvalue weighted by atomic mass is 10.2. The number of para-hydroxylation sites is 1. The van der Waals surface area contributed by atoms with Crippen LogP contribution in [0.2, 0.25) is 0 Å². The normalized spacial score (nSPS) is 11.2. The molecule has 0 aliphatic carbocycles. The van der Waals surface area contributed by atoms with E-state index in [2.05, 4.69) is 0 Å². The zero-order chi connectivity index (χ0) is 11.8. The lowest BCUT2D eigenvalue weighted by Crippen LogP contribution is -1.91. The Labute approximate surface area is 101 Å². The highest BCUT2D eigenvalue weighted by molar-refractivity contribution is 7.10. The van der Waals surface area contributed by atoms with Crippen LogP contribution < -0.4 is 5.73 Å². The van der Waals surface area contributed by atoms with Gasteiger partial charge in [0.05, 0.1) is 0 Å². The molecule has 2 nitrogen and oxygen atoms in total. The van der Waals surface area contributed by atoms with Crippen molar-refractivity contribution in [3.63, 3.8) is 0 Å². The van der Waals surface area contributed by atoms with Gasteiger partial charge in [-0.05, 0) is 18.2 Å². The fourth-order valence-corrected chi connectivity index (χ4v) is 2.54. The van der Waals surface area contributed by atoms with E-state index in [1.807, 2.05) is 23.6 Å². The molecular formula is C13H10FNOS. The van der Waals surface area contributed by atoms with Crippen molar-refractivity contribution in [2.75, 3.05) is 0 Å². The number of benzene rings is 1. The average Bonchev–Trinajstić information content (AvgIpc) is 2.95. The van der Waals surface area contributed by atoms with E-state index in [1.54, 1.807) is 17.4 Å². The Morgan fingerprint density at radius 1 is 1.29 bits per heavy atom. The summed E-state index contributed by atoms with van der Waals surface area (Å²) in [5, 5.41) is 2.75. The number of fused-ring (bicyclic) bond motifs is 1. The van der Waals surface area contributed by atoms with E-state index >= 15 is 0 Å². The predicted molar refractivity (Wildman–Crippen MR) is 67.4 cm³/mol. The first-order valence-electron chi connectivity index (χ1n) is 5.24. The molecule has 0 unspecified atom stereocenters. The van der Waals surface area contributed by atoms with E-state index in [9.17, 15) is 4.39 Å². The first-order valence-corrected chi connectivity index (χ1v) is 6.12. The molecule has 3 aromatic rings. The maximum Gasteiger partial charge on any atom is 0.170 e. The Kier molecular flexibility index (Phi) is 2.46. The van der Waals surface area contributed by atoms with Gasteiger partial charge in [0.25, 0.3) is 0 Å². The molecule has 3 rings (SSSR count). The SMILES string of the molecule is NCc1cc(-c2cc3cccc(F)c3o2)cs1. The molecule has 0 aliphatic rings. The highest BCUT2D eigenvalue weighted by Gasteiger charge is 2.10. The molecule has 0 saturated heterocycles. The summed E-state index contributed by atoms with van der Waals surface area (Å²) in [5.74, 6) is 0.351. The zero-order valence-electron chi connectivity index (χ0n) is 8.94. The Morgan fingerprint density at radius 2 is 2.18 bits per heavy atom. The number of hydrogen-bond donors (Lipinski definition) is 1.